The molecule has 2 aromatic carbocycles. The van der Waals surface area contributed by atoms with Crippen LogP contribution in [-0.4, -0.2) is 47.7 Å². The van der Waals surface area contributed by atoms with E-state index < -0.39 is 11.9 Å². The van der Waals surface area contributed by atoms with Gasteiger partial charge in [0.15, 0.2) is 5.17 Å². The fourth-order valence-corrected chi connectivity index (χ4v) is 4.79. The highest BCUT2D eigenvalue weighted by Gasteiger charge is 2.32. The summed E-state index contributed by atoms with van der Waals surface area (Å²) in [5.74, 6) is -0.0694. The first-order chi connectivity index (χ1) is 18.4. The molecule has 1 aliphatic heterocycles. The maximum absolute atomic E-state index is 13.1. The van der Waals surface area contributed by atoms with Crippen molar-refractivity contribution in [2.45, 2.75) is 27.2 Å². The van der Waals surface area contributed by atoms with Crippen molar-refractivity contribution in [2.24, 2.45) is 4.99 Å². The molecule has 0 radical (unpaired) electrons. The van der Waals surface area contributed by atoms with Gasteiger partial charge >= 0.3 is 11.9 Å². The highest BCUT2D eigenvalue weighted by Crippen LogP contribution is 2.35. The highest BCUT2D eigenvalue weighted by atomic mass is 32.2. The standard InChI is InChI=1S/C29H28N2O6S/c1-4-16-36-28(34)23-13-8-7-12-22(23)24-15-14-21(37-24)18-25-26(32)31(5-2)29(38-25)30-20-11-9-10-19(17-20)27(33)35-6-3/h7-15,17-18H,4-6,16H2,1-3H3. The van der Waals surface area contributed by atoms with E-state index in [2.05, 4.69) is 4.99 Å². The Labute approximate surface area is 225 Å². The minimum absolute atomic E-state index is 0.195. The predicted molar refractivity (Wildman–Crippen MR) is 147 cm³/mol. The molecule has 0 saturated carbocycles. The van der Waals surface area contributed by atoms with Crippen LogP contribution in [0.15, 0.2) is 75.0 Å². The van der Waals surface area contributed by atoms with Crippen LogP contribution in [0.4, 0.5) is 5.69 Å². The SMILES string of the molecule is CCCOC(=O)c1ccccc1-c1ccc(C=C2SC(=Nc3cccc(C(=O)OCC)c3)N(CC)C2=O)o1. The molecule has 4 rings (SSSR count). The van der Waals surface area contributed by atoms with Gasteiger partial charge in [0, 0.05) is 18.2 Å². The molecule has 0 spiro atoms. The third kappa shape index (κ3) is 6.06. The van der Waals surface area contributed by atoms with Crippen LogP contribution in [0.1, 0.15) is 53.7 Å². The minimum Gasteiger partial charge on any atom is -0.462 e. The predicted octanol–water partition coefficient (Wildman–Crippen LogP) is 6.31. The Balaban J connectivity index is 1.59. The van der Waals surface area contributed by atoms with Crippen molar-refractivity contribution >= 4 is 46.5 Å². The van der Waals surface area contributed by atoms with Gasteiger partial charge in [-0.3, -0.25) is 9.69 Å². The molecule has 38 heavy (non-hydrogen) atoms. The van der Waals surface area contributed by atoms with Crippen LogP contribution < -0.4 is 0 Å². The lowest BCUT2D eigenvalue weighted by Gasteiger charge is -2.12. The fourth-order valence-electron chi connectivity index (χ4n) is 3.75. The molecule has 1 aromatic heterocycles. The molecule has 0 aliphatic carbocycles. The molecular formula is C29H28N2O6S. The number of esters is 2. The van der Waals surface area contributed by atoms with E-state index in [0.717, 1.165) is 6.42 Å². The first kappa shape index (κ1) is 26.9. The van der Waals surface area contributed by atoms with E-state index in [9.17, 15) is 14.4 Å². The fraction of sp³-hybridized carbons (Fsp3) is 0.241. The molecular weight excluding hydrogens is 504 g/mol. The Hall–Kier alpha value is -4.11. The van der Waals surface area contributed by atoms with Crippen molar-refractivity contribution < 1.29 is 28.3 Å². The summed E-state index contributed by atoms with van der Waals surface area (Å²) in [5.41, 5.74) is 1.96. The molecule has 8 nitrogen and oxygen atoms in total. The van der Waals surface area contributed by atoms with Crippen LogP contribution in [0.3, 0.4) is 0 Å². The second-order valence-corrected chi connectivity index (χ2v) is 9.22. The van der Waals surface area contributed by atoms with Crippen LogP contribution in [0.5, 0.6) is 0 Å². The number of benzene rings is 2. The second kappa shape index (κ2) is 12.4. The lowest BCUT2D eigenvalue weighted by molar-refractivity contribution is -0.122. The van der Waals surface area contributed by atoms with E-state index in [0.29, 0.717) is 57.1 Å². The van der Waals surface area contributed by atoms with E-state index >= 15 is 0 Å². The Kier molecular flexibility index (Phi) is 8.81. The van der Waals surface area contributed by atoms with Crippen LogP contribution in [0.2, 0.25) is 0 Å². The number of hydrogen-bond donors (Lipinski definition) is 0. The zero-order valence-electron chi connectivity index (χ0n) is 21.4. The Bertz CT molecular complexity index is 1410. The van der Waals surface area contributed by atoms with Crippen molar-refractivity contribution in [1.82, 2.24) is 4.90 Å². The zero-order valence-corrected chi connectivity index (χ0v) is 22.2. The average Bonchev–Trinajstić information content (AvgIpc) is 3.51. The summed E-state index contributed by atoms with van der Waals surface area (Å²) in [6, 6.07) is 17.4. The summed E-state index contributed by atoms with van der Waals surface area (Å²) in [4.78, 5) is 44.3. The van der Waals surface area contributed by atoms with E-state index in [1.165, 1.54) is 11.8 Å². The average molecular weight is 533 g/mol. The molecule has 9 heteroatoms. The van der Waals surface area contributed by atoms with Gasteiger partial charge in [0.2, 0.25) is 0 Å². The Morgan fingerprint density at radius 2 is 1.82 bits per heavy atom. The number of carbonyl (C=O) groups is 3. The summed E-state index contributed by atoms with van der Waals surface area (Å²) in [6.45, 7) is 6.60. The van der Waals surface area contributed by atoms with Gasteiger partial charge < -0.3 is 13.9 Å². The summed E-state index contributed by atoms with van der Waals surface area (Å²) < 4.78 is 16.4. The lowest BCUT2D eigenvalue weighted by atomic mass is 10.1. The van der Waals surface area contributed by atoms with Gasteiger partial charge in [-0.1, -0.05) is 31.2 Å². The number of nitrogens with zero attached hydrogens (tertiary/aromatic N) is 2. The summed E-state index contributed by atoms with van der Waals surface area (Å²) in [7, 11) is 0. The third-order valence-electron chi connectivity index (χ3n) is 5.54. The summed E-state index contributed by atoms with van der Waals surface area (Å²) in [6.07, 6.45) is 2.39. The smallest absolute Gasteiger partial charge is 0.338 e. The molecule has 196 valence electrons. The number of amides is 1. The van der Waals surface area contributed by atoms with Crippen LogP contribution >= 0.6 is 11.8 Å². The van der Waals surface area contributed by atoms with Crippen molar-refractivity contribution in [2.75, 3.05) is 19.8 Å². The molecule has 0 unspecified atom stereocenters. The molecule has 2 heterocycles. The minimum atomic E-state index is -0.425. The van der Waals surface area contributed by atoms with E-state index in [1.807, 2.05) is 19.9 Å². The quantitative estimate of drug-likeness (QED) is 0.235. The second-order valence-electron chi connectivity index (χ2n) is 8.21. The lowest BCUT2D eigenvalue weighted by Crippen LogP contribution is -2.28. The van der Waals surface area contributed by atoms with Gasteiger partial charge in [-0.15, -0.1) is 0 Å². The molecule has 1 fully saturated rings. The van der Waals surface area contributed by atoms with Crippen LogP contribution in [-0.2, 0) is 14.3 Å². The van der Waals surface area contributed by atoms with Crippen molar-refractivity contribution in [3.8, 4) is 11.3 Å². The van der Waals surface area contributed by atoms with Crippen LogP contribution in [0.25, 0.3) is 17.4 Å². The molecule has 0 N–H and O–H groups in total. The first-order valence-electron chi connectivity index (χ1n) is 12.4. The van der Waals surface area contributed by atoms with Gasteiger partial charge in [0.05, 0.1) is 34.9 Å². The number of rotatable bonds is 9. The molecule has 1 amide bonds. The summed E-state index contributed by atoms with van der Waals surface area (Å²) >= 11 is 1.23. The normalized spacial score (nSPS) is 15.3. The topological polar surface area (TPSA) is 98.4 Å². The maximum atomic E-state index is 13.1. The van der Waals surface area contributed by atoms with Gasteiger partial charge in [-0.05, 0) is 68.4 Å². The van der Waals surface area contributed by atoms with Gasteiger partial charge in [0.25, 0.3) is 5.91 Å². The van der Waals surface area contributed by atoms with Crippen molar-refractivity contribution in [1.29, 1.82) is 0 Å². The summed E-state index contributed by atoms with van der Waals surface area (Å²) in [5, 5.41) is 0.501. The Morgan fingerprint density at radius 1 is 1.00 bits per heavy atom. The first-order valence-corrected chi connectivity index (χ1v) is 13.2. The number of likely N-dealkylation sites (N-methyl/N-ethyl adjacent to an activating group) is 1. The van der Waals surface area contributed by atoms with E-state index in [1.54, 1.807) is 72.5 Å². The highest BCUT2D eigenvalue weighted by molar-refractivity contribution is 8.18. The monoisotopic (exact) mass is 532 g/mol. The third-order valence-corrected chi connectivity index (χ3v) is 6.54. The van der Waals surface area contributed by atoms with Crippen LogP contribution in [0, 0.1) is 0 Å². The van der Waals surface area contributed by atoms with Gasteiger partial charge in [0.1, 0.15) is 11.5 Å². The van der Waals surface area contributed by atoms with E-state index in [-0.39, 0.29) is 12.5 Å². The molecule has 3 aromatic rings. The van der Waals surface area contributed by atoms with Gasteiger partial charge in [-0.2, -0.15) is 0 Å². The number of amidine groups is 1. The molecule has 1 saturated heterocycles. The number of carbonyl (C=O) groups excluding carboxylic acids is 3. The van der Waals surface area contributed by atoms with Gasteiger partial charge in [-0.25, -0.2) is 14.6 Å². The largest absolute Gasteiger partial charge is 0.462 e. The zero-order chi connectivity index (χ0) is 27.1. The Morgan fingerprint density at radius 3 is 2.58 bits per heavy atom. The van der Waals surface area contributed by atoms with E-state index in [4.69, 9.17) is 13.9 Å². The van der Waals surface area contributed by atoms with Crippen molar-refractivity contribution in [3.63, 3.8) is 0 Å². The number of hydrogen-bond acceptors (Lipinski definition) is 8. The maximum Gasteiger partial charge on any atom is 0.338 e. The number of furan rings is 1. The number of aliphatic imine (C=N–C) groups is 1. The van der Waals surface area contributed by atoms with Crippen molar-refractivity contribution in [3.05, 3.63) is 82.5 Å². The number of ether oxygens (including phenoxy) is 2. The number of thioether (sulfide) groups is 1. The molecule has 1 aliphatic rings. The molecule has 0 bridgehead atoms. The molecule has 0 atom stereocenters.